The van der Waals surface area contributed by atoms with Crippen molar-refractivity contribution in [3.63, 3.8) is 0 Å². The largest absolute Gasteiger partial charge is 0.464 e. The van der Waals surface area contributed by atoms with Crippen molar-refractivity contribution in [2.45, 2.75) is 0 Å². The van der Waals surface area contributed by atoms with Crippen molar-refractivity contribution >= 4 is 33.4 Å². The van der Waals surface area contributed by atoms with Crippen LogP contribution in [-0.2, 0) is 0 Å². The zero-order valence-electron chi connectivity index (χ0n) is 9.38. The Hall–Kier alpha value is -2.01. The van der Waals surface area contributed by atoms with E-state index in [1.807, 2.05) is 54.6 Å². The molecule has 0 radical (unpaired) electrons. The summed E-state index contributed by atoms with van der Waals surface area (Å²) in [5.41, 5.74) is 3.86. The van der Waals surface area contributed by atoms with Crippen LogP contribution in [-0.4, -0.2) is 11.2 Å². The van der Waals surface area contributed by atoms with Crippen LogP contribution in [0.5, 0.6) is 0 Å². The molecule has 2 aromatic rings. The molecule has 0 spiro atoms. The molecule has 0 aliphatic heterocycles. The van der Waals surface area contributed by atoms with Crippen molar-refractivity contribution in [2.24, 2.45) is 0 Å². The maximum absolute atomic E-state index is 10.9. The van der Waals surface area contributed by atoms with Crippen LogP contribution in [0.3, 0.4) is 0 Å². The fourth-order valence-electron chi connectivity index (χ4n) is 1.54. The van der Waals surface area contributed by atoms with Crippen molar-refractivity contribution in [2.75, 3.05) is 5.01 Å². The van der Waals surface area contributed by atoms with E-state index in [1.54, 1.807) is 0 Å². The first-order valence-corrected chi connectivity index (χ1v) is 6.06. The molecule has 0 saturated carbocycles. The first-order valence-electron chi connectivity index (χ1n) is 5.27. The van der Waals surface area contributed by atoms with E-state index >= 15 is 0 Å². The van der Waals surface area contributed by atoms with Gasteiger partial charge in [-0.1, -0.05) is 34.1 Å². The minimum Gasteiger partial charge on any atom is -0.464 e. The third-order valence-electron chi connectivity index (χ3n) is 2.31. The molecule has 4 nitrogen and oxygen atoms in total. The third kappa shape index (κ3) is 3.01. The number of para-hydroxylation sites is 1. The molecule has 0 aliphatic rings. The second-order valence-electron chi connectivity index (χ2n) is 3.56. The number of nitrogens with one attached hydrogen (secondary N) is 1. The van der Waals surface area contributed by atoms with E-state index in [9.17, 15) is 4.79 Å². The first-order chi connectivity index (χ1) is 8.66. The van der Waals surface area contributed by atoms with Crippen molar-refractivity contribution in [3.05, 3.63) is 59.1 Å². The van der Waals surface area contributed by atoms with E-state index in [0.717, 1.165) is 15.8 Å². The molecule has 0 fully saturated rings. The minimum absolute atomic E-state index is 0.742. The molecule has 2 aromatic carbocycles. The summed E-state index contributed by atoms with van der Waals surface area (Å²) in [7, 11) is 0. The highest BCUT2D eigenvalue weighted by atomic mass is 79.9. The van der Waals surface area contributed by atoms with Crippen molar-refractivity contribution in [1.82, 2.24) is 5.43 Å². The smallest absolute Gasteiger partial charge is 0.423 e. The standard InChI is InChI=1S/C13H11BrN2O2/c14-10-6-8-12(9-7-10)16(15-13(17)18)11-4-2-1-3-5-11/h1-9,15H,(H,17,18). The van der Waals surface area contributed by atoms with E-state index in [1.165, 1.54) is 5.01 Å². The molecular weight excluding hydrogens is 296 g/mol. The van der Waals surface area contributed by atoms with Gasteiger partial charge in [0.05, 0.1) is 11.4 Å². The molecular formula is C13H11BrN2O2. The Morgan fingerprint density at radius 3 is 2.11 bits per heavy atom. The van der Waals surface area contributed by atoms with Crippen LogP contribution in [0.4, 0.5) is 16.2 Å². The Morgan fingerprint density at radius 2 is 1.56 bits per heavy atom. The van der Waals surface area contributed by atoms with Gasteiger partial charge in [-0.25, -0.2) is 10.2 Å². The van der Waals surface area contributed by atoms with E-state index in [0.29, 0.717) is 0 Å². The van der Waals surface area contributed by atoms with Crippen molar-refractivity contribution in [3.8, 4) is 0 Å². The van der Waals surface area contributed by atoms with E-state index in [4.69, 9.17) is 5.11 Å². The number of benzene rings is 2. The van der Waals surface area contributed by atoms with Gasteiger partial charge in [0.1, 0.15) is 0 Å². The fraction of sp³-hybridized carbons (Fsp3) is 0. The van der Waals surface area contributed by atoms with Gasteiger partial charge in [0.15, 0.2) is 0 Å². The van der Waals surface area contributed by atoms with Gasteiger partial charge in [-0.15, -0.1) is 0 Å². The number of hydrogen-bond donors (Lipinski definition) is 2. The molecule has 0 bridgehead atoms. The minimum atomic E-state index is -1.11. The number of rotatable bonds is 3. The lowest BCUT2D eigenvalue weighted by Crippen LogP contribution is -2.37. The zero-order chi connectivity index (χ0) is 13.0. The summed E-state index contributed by atoms with van der Waals surface area (Å²) in [4.78, 5) is 10.9. The maximum Gasteiger partial charge on any atom is 0.423 e. The van der Waals surface area contributed by atoms with Gasteiger partial charge in [-0.3, -0.25) is 5.01 Å². The number of nitrogens with zero attached hydrogens (tertiary/aromatic N) is 1. The predicted molar refractivity (Wildman–Crippen MR) is 73.9 cm³/mol. The maximum atomic E-state index is 10.9. The van der Waals surface area contributed by atoms with Gasteiger partial charge in [0, 0.05) is 4.47 Å². The van der Waals surface area contributed by atoms with Gasteiger partial charge >= 0.3 is 6.09 Å². The highest BCUT2D eigenvalue weighted by Crippen LogP contribution is 2.24. The molecule has 0 aliphatic carbocycles. The van der Waals surface area contributed by atoms with Crippen molar-refractivity contribution in [1.29, 1.82) is 0 Å². The number of hydrazine groups is 1. The SMILES string of the molecule is O=C(O)NN(c1ccccc1)c1ccc(Br)cc1. The molecule has 0 atom stereocenters. The molecule has 0 heterocycles. The van der Waals surface area contributed by atoms with Crippen LogP contribution in [0, 0.1) is 0 Å². The van der Waals surface area contributed by atoms with Crippen LogP contribution < -0.4 is 10.4 Å². The zero-order valence-corrected chi connectivity index (χ0v) is 11.0. The molecule has 5 heteroatoms. The monoisotopic (exact) mass is 306 g/mol. The Bertz CT molecular complexity index is 528. The van der Waals surface area contributed by atoms with Gasteiger partial charge in [-0.05, 0) is 36.4 Å². The highest BCUT2D eigenvalue weighted by Gasteiger charge is 2.11. The normalized spacial score (nSPS) is 9.83. The Kier molecular flexibility index (Phi) is 3.84. The second-order valence-corrected chi connectivity index (χ2v) is 4.48. The first kappa shape index (κ1) is 12.4. The van der Waals surface area contributed by atoms with Crippen LogP contribution >= 0.6 is 15.9 Å². The summed E-state index contributed by atoms with van der Waals surface area (Å²) in [6, 6.07) is 16.6. The molecule has 18 heavy (non-hydrogen) atoms. The lowest BCUT2D eigenvalue weighted by molar-refractivity contribution is 0.194. The molecule has 0 saturated heterocycles. The Morgan fingerprint density at radius 1 is 1.00 bits per heavy atom. The van der Waals surface area contributed by atoms with Crippen LogP contribution in [0.2, 0.25) is 0 Å². The van der Waals surface area contributed by atoms with E-state index in [2.05, 4.69) is 21.4 Å². The number of halogens is 1. The molecule has 0 aromatic heterocycles. The number of amides is 1. The lowest BCUT2D eigenvalue weighted by Gasteiger charge is -2.23. The molecule has 92 valence electrons. The number of carbonyl (C=O) groups is 1. The Labute approximate surface area is 113 Å². The quantitative estimate of drug-likeness (QED) is 0.849. The average Bonchev–Trinajstić information content (AvgIpc) is 2.38. The summed E-state index contributed by atoms with van der Waals surface area (Å²) in [5, 5.41) is 10.4. The van der Waals surface area contributed by atoms with Crippen LogP contribution in [0.15, 0.2) is 59.1 Å². The second kappa shape index (κ2) is 5.55. The lowest BCUT2D eigenvalue weighted by atomic mass is 10.2. The molecule has 2 N–H and O–H groups in total. The van der Waals surface area contributed by atoms with Crippen molar-refractivity contribution < 1.29 is 9.90 Å². The number of anilines is 2. The van der Waals surface area contributed by atoms with Crippen LogP contribution in [0.1, 0.15) is 0 Å². The Balaban J connectivity index is 2.36. The number of hydrogen-bond acceptors (Lipinski definition) is 2. The average molecular weight is 307 g/mol. The summed E-state index contributed by atoms with van der Waals surface area (Å²) in [5.74, 6) is 0. The highest BCUT2D eigenvalue weighted by molar-refractivity contribution is 9.10. The number of carboxylic acid groups (broad SMARTS) is 1. The van der Waals surface area contributed by atoms with Gasteiger partial charge in [0.25, 0.3) is 0 Å². The van der Waals surface area contributed by atoms with E-state index < -0.39 is 6.09 Å². The topological polar surface area (TPSA) is 52.6 Å². The third-order valence-corrected chi connectivity index (χ3v) is 2.84. The predicted octanol–water partition coefficient (Wildman–Crippen LogP) is 3.77. The van der Waals surface area contributed by atoms with Crippen LogP contribution in [0.25, 0.3) is 0 Å². The van der Waals surface area contributed by atoms with Gasteiger partial charge < -0.3 is 5.11 Å². The van der Waals surface area contributed by atoms with E-state index in [-0.39, 0.29) is 0 Å². The molecule has 2 rings (SSSR count). The molecule has 0 unspecified atom stereocenters. The summed E-state index contributed by atoms with van der Waals surface area (Å²) >= 11 is 3.35. The van der Waals surface area contributed by atoms with Gasteiger partial charge in [0.2, 0.25) is 0 Å². The fourth-order valence-corrected chi connectivity index (χ4v) is 1.81. The summed E-state index contributed by atoms with van der Waals surface area (Å²) in [6.45, 7) is 0. The van der Waals surface area contributed by atoms with Gasteiger partial charge in [-0.2, -0.15) is 0 Å². The summed E-state index contributed by atoms with van der Waals surface area (Å²) in [6.07, 6.45) is -1.11. The molecule has 1 amide bonds. The summed E-state index contributed by atoms with van der Waals surface area (Å²) < 4.78 is 0.939.